The summed E-state index contributed by atoms with van der Waals surface area (Å²) in [4.78, 5) is 12.3. The van der Waals surface area contributed by atoms with Crippen molar-refractivity contribution in [2.45, 2.75) is 49.7 Å². The summed E-state index contributed by atoms with van der Waals surface area (Å²) < 4.78 is 27.1. The molecule has 0 saturated carbocycles. The van der Waals surface area contributed by atoms with Crippen molar-refractivity contribution in [3.63, 3.8) is 0 Å². The van der Waals surface area contributed by atoms with Gasteiger partial charge in [-0.1, -0.05) is 37.6 Å². The lowest BCUT2D eigenvalue weighted by molar-refractivity contribution is -0.121. The van der Waals surface area contributed by atoms with Crippen molar-refractivity contribution in [1.29, 1.82) is 0 Å². The topological polar surface area (TPSA) is 78.5 Å². The Morgan fingerprint density at radius 2 is 1.92 bits per heavy atom. The molecule has 1 spiro atoms. The van der Waals surface area contributed by atoms with Gasteiger partial charge in [0.15, 0.2) is 0 Å². The zero-order chi connectivity index (χ0) is 18.2. The molecule has 6 nitrogen and oxygen atoms in total. The molecule has 1 aromatic rings. The third-order valence-electron chi connectivity index (χ3n) is 4.87. The summed E-state index contributed by atoms with van der Waals surface area (Å²) in [6, 6.07) is 6.27. The summed E-state index contributed by atoms with van der Waals surface area (Å²) in [6.07, 6.45) is 1.85. The molecule has 2 saturated heterocycles. The fourth-order valence-corrected chi connectivity index (χ4v) is 5.50. The summed E-state index contributed by atoms with van der Waals surface area (Å²) in [7, 11) is -3.62. The molecule has 25 heavy (non-hydrogen) atoms. The van der Waals surface area contributed by atoms with E-state index in [4.69, 9.17) is 11.6 Å². The zero-order valence-corrected chi connectivity index (χ0v) is 16.0. The van der Waals surface area contributed by atoms with E-state index >= 15 is 0 Å². The number of nitrogens with one attached hydrogen (secondary N) is 2. The first kappa shape index (κ1) is 18.6. The normalized spacial score (nSPS) is 24.0. The van der Waals surface area contributed by atoms with Gasteiger partial charge in [0.05, 0.1) is 16.7 Å². The highest BCUT2D eigenvalue weighted by Crippen LogP contribution is 2.31. The number of piperidine rings is 1. The molecular weight excluding hydrogens is 362 g/mol. The second kappa shape index (κ2) is 6.87. The number of nitrogens with zero attached hydrogens (tertiary/aromatic N) is 1. The molecule has 0 aliphatic carbocycles. The fraction of sp³-hybridized carbons (Fsp3) is 0.588. The number of carbonyl (C=O) groups excluding carboxylic acids is 1. The number of benzene rings is 1. The van der Waals surface area contributed by atoms with Crippen molar-refractivity contribution < 1.29 is 13.2 Å². The van der Waals surface area contributed by atoms with Crippen molar-refractivity contribution in [2.75, 3.05) is 13.1 Å². The standard InChI is InChI=1S/C17H24ClN3O3S/c1-12(2)11-14-16(22)20-17(19-14)7-9-21(10-8-17)25(23,24)15-6-4-3-5-13(15)18/h3-6,12,14,19H,7-11H2,1-2H3,(H,20,22). The van der Waals surface area contributed by atoms with E-state index in [1.807, 2.05) is 0 Å². The van der Waals surface area contributed by atoms with Gasteiger partial charge in [-0.15, -0.1) is 0 Å². The number of halogens is 1. The first-order valence-corrected chi connectivity index (χ1v) is 10.4. The number of amides is 1. The predicted molar refractivity (Wildman–Crippen MR) is 96.7 cm³/mol. The molecule has 0 bridgehead atoms. The molecule has 1 atom stereocenters. The molecule has 2 heterocycles. The van der Waals surface area contributed by atoms with Gasteiger partial charge in [-0.25, -0.2) is 8.42 Å². The maximum absolute atomic E-state index is 12.8. The Morgan fingerprint density at radius 3 is 2.52 bits per heavy atom. The Balaban J connectivity index is 1.70. The smallest absolute Gasteiger partial charge is 0.244 e. The van der Waals surface area contributed by atoms with Crippen LogP contribution in [0, 0.1) is 5.92 Å². The number of sulfonamides is 1. The number of hydrogen-bond acceptors (Lipinski definition) is 4. The lowest BCUT2D eigenvalue weighted by Crippen LogP contribution is -2.58. The molecule has 3 rings (SSSR count). The number of rotatable bonds is 4. The van der Waals surface area contributed by atoms with Gasteiger partial charge in [-0.05, 0) is 37.3 Å². The SMILES string of the molecule is CC(C)CC1NC2(CCN(S(=O)(=O)c3ccccc3Cl)CC2)NC1=O. The van der Waals surface area contributed by atoms with E-state index in [9.17, 15) is 13.2 Å². The molecule has 1 unspecified atom stereocenters. The molecule has 2 aliphatic rings. The van der Waals surface area contributed by atoms with Crippen LogP contribution < -0.4 is 10.6 Å². The van der Waals surface area contributed by atoms with Gasteiger partial charge in [0.2, 0.25) is 15.9 Å². The zero-order valence-electron chi connectivity index (χ0n) is 14.5. The van der Waals surface area contributed by atoms with Gasteiger partial charge < -0.3 is 5.32 Å². The van der Waals surface area contributed by atoms with Crippen LogP contribution in [-0.4, -0.2) is 43.4 Å². The minimum atomic E-state index is -3.62. The van der Waals surface area contributed by atoms with Gasteiger partial charge in [0, 0.05) is 13.1 Å². The monoisotopic (exact) mass is 385 g/mol. The molecule has 2 aliphatic heterocycles. The maximum Gasteiger partial charge on any atom is 0.244 e. The van der Waals surface area contributed by atoms with Crippen molar-refractivity contribution in [1.82, 2.24) is 14.9 Å². The lowest BCUT2D eigenvalue weighted by atomic mass is 9.98. The molecular formula is C17H24ClN3O3S. The average molecular weight is 386 g/mol. The van der Waals surface area contributed by atoms with E-state index in [-0.39, 0.29) is 21.9 Å². The molecule has 138 valence electrons. The summed E-state index contributed by atoms with van der Waals surface area (Å²) in [5, 5.41) is 6.68. The van der Waals surface area contributed by atoms with Crippen LogP contribution in [0.2, 0.25) is 5.02 Å². The van der Waals surface area contributed by atoms with E-state index < -0.39 is 15.7 Å². The Hall–Kier alpha value is -1.15. The minimum absolute atomic E-state index is 0.0103. The third kappa shape index (κ3) is 3.69. The molecule has 0 radical (unpaired) electrons. The number of hydrogen-bond donors (Lipinski definition) is 2. The van der Waals surface area contributed by atoms with Crippen molar-refractivity contribution in [3.8, 4) is 0 Å². The van der Waals surface area contributed by atoms with Gasteiger partial charge in [0.1, 0.15) is 4.90 Å². The van der Waals surface area contributed by atoms with Crippen molar-refractivity contribution >= 4 is 27.5 Å². The number of carbonyl (C=O) groups is 1. The van der Waals surface area contributed by atoms with Crippen LogP contribution in [0.5, 0.6) is 0 Å². The summed E-state index contributed by atoms with van der Waals surface area (Å²) in [6.45, 7) is 4.85. The summed E-state index contributed by atoms with van der Waals surface area (Å²) in [5.41, 5.74) is -0.497. The molecule has 0 aromatic heterocycles. The van der Waals surface area contributed by atoms with E-state index in [0.29, 0.717) is 31.8 Å². The maximum atomic E-state index is 12.8. The van der Waals surface area contributed by atoms with Crippen LogP contribution in [0.3, 0.4) is 0 Å². The van der Waals surface area contributed by atoms with Gasteiger partial charge in [-0.2, -0.15) is 4.31 Å². The third-order valence-corrected chi connectivity index (χ3v) is 7.27. The lowest BCUT2D eigenvalue weighted by Gasteiger charge is -2.39. The summed E-state index contributed by atoms with van der Waals surface area (Å²) >= 11 is 6.06. The minimum Gasteiger partial charge on any atom is -0.337 e. The highest BCUT2D eigenvalue weighted by Gasteiger charge is 2.46. The van der Waals surface area contributed by atoms with Crippen LogP contribution >= 0.6 is 11.6 Å². The molecule has 1 aromatic carbocycles. The molecule has 2 fully saturated rings. The Bertz CT molecular complexity index is 758. The summed E-state index contributed by atoms with van der Waals surface area (Å²) in [5.74, 6) is 0.426. The van der Waals surface area contributed by atoms with Gasteiger partial charge in [-0.3, -0.25) is 10.1 Å². The first-order valence-electron chi connectivity index (χ1n) is 8.58. The molecule has 1 amide bonds. The van der Waals surface area contributed by atoms with Crippen LogP contribution in [0.1, 0.15) is 33.1 Å². The van der Waals surface area contributed by atoms with Crippen LogP contribution in [0.25, 0.3) is 0 Å². The second-order valence-corrected chi connectivity index (χ2v) is 9.55. The van der Waals surface area contributed by atoms with Crippen LogP contribution in [0.4, 0.5) is 0 Å². The Kier molecular flexibility index (Phi) is 5.12. The van der Waals surface area contributed by atoms with E-state index in [2.05, 4.69) is 24.5 Å². The van der Waals surface area contributed by atoms with Crippen molar-refractivity contribution in [3.05, 3.63) is 29.3 Å². The van der Waals surface area contributed by atoms with E-state index in [0.717, 1.165) is 6.42 Å². The average Bonchev–Trinajstić information content (AvgIpc) is 2.82. The van der Waals surface area contributed by atoms with E-state index in [1.54, 1.807) is 18.2 Å². The fourth-order valence-electron chi connectivity index (χ4n) is 3.57. The Labute approximate surface area is 154 Å². The highest BCUT2D eigenvalue weighted by molar-refractivity contribution is 7.89. The molecule has 8 heteroatoms. The van der Waals surface area contributed by atoms with Crippen LogP contribution in [-0.2, 0) is 14.8 Å². The van der Waals surface area contributed by atoms with Crippen molar-refractivity contribution in [2.24, 2.45) is 5.92 Å². The molecule has 2 N–H and O–H groups in total. The first-order chi connectivity index (χ1) is 11.7. The highest BCUT2D eigenvalue weighted by atomic mass is 35.5. The predicted octanol–water partition coefficient (Wildman–Crippen LogP) is 1.95. The van der Waals surface area contributed by atoms with Gasteiger partial charge in [0.25, 0.3) is 0 Å². The quantitative estimate of drug-likeness (QED) is 0.830. The van der Waals surface area contributed by atoms with Gasteiger partial charge >= 0.3 is 0 Å². The Morgan fingerprint density at radius 1 is 1.28 bits per heavy atom. The largest absolute Gasteiger partial charge is 0.337 e. The van der Waals surface area contributed by atoms with E-state index in [1.165, 1.54) is 10.4 Å². The van der Waals surface area contributed by atoms with Crippen LogP contribution in [0.15, 0.2) is 29.2 Å². The second-order valence-electron chi connectivity index (χ2n) is 7.23.